The summed E-state index contributed by atoms with van der Waals surface area (Å²) in [6, 6.07) is -1.05. The lowest BCUT2D eigenvalue weighted by molar-refractivity contribution is -0.144. The number of ether oxygens (including phenoxy) is 3. The zero-order valence-electron chi connectivity index (χ0n) is 9.39. The number of carboxylic acid groups (broad SMARTS) is 1. The summed E-state index contributed by atoms with van der Waals surface area (Å²) in [6.07, 6.45) is 0. The number of amides is 1. The Morgan fingerprint density at radius 1 is 1.25 bits per heavy atom. The van der Waals surface area contributed by atoms with Gasteiger partial charge in [0.05, 0.1) is 19.8 Å². The van der Waals surface area contributed by atoms with Gasteiger partial charge in [-0.25, -0.2) is 4.79 Å². The Morgan fingerprint density at radius 2 is 1.94 bits per heavy atom. The van der Waals surface area contributed by atoms with E-state index in [-0.39, 0.29) is 19.8 Å². The highest BCUT2D eigenvalue weighted by atomic mass is 16.5. The van der Waals surface area contributed by atoms with Gasteiger partial charge in [0.15, 0.2) is 6.04 Å². The molecule has 0 bridgehead atoms. The first-order chi connectivity index (χ1) is 7.61. The van der Waals surface area contributed by atoms with Crippen molar-refractivity contribution in [3.05, 3.63) is 0 Å². The van der Waals surface area contributed by atoms with E-state index in [0.29, 0.717) is 6.61 Å². The number of carbonyl (C=O) groups excluding carboxylic acids is 1. The fraction of sp³-hybridized carbons (Fsp3) is 0.778. The molecule has 1 unspecified atom stereocenters. The highest BCUT2D eigenvalue weighted by Gasteiger charge is 2.19. The molecule has 0 spiro atoms. The third-order valence-electron chi connectivity index (χ3n) is 1.63. The molecule has 0 aliphatic heterocycles. The quantitative estimate of drug-likeness (QED) is 0.491. The summed E-state index contributed by atoms with van der Waals surface area (Å²) in [5, 5.41) is 11.0. The Hall–Kier alpha value is -1.18. The molecule has 2 N–H and O–H groups in total. The number of methoxy groups -OCH3 is 2. The summed E-state index contributed by atoms with van der Waals surface area (Å²) in [7, 11) is 2.87. The van der Waals surface area contributed by atoms with Crippen LogP contribution in [-0.2, 0) is 23.8 Å². The molecule has 0 rings (SSSR count). The van der Waals surface area contributed by atoms with E-state index in [1.54, 1.807) is 0 Å². The SMILES string of the molecule is COCCOCC(=O)NC(COC)C(=O)O. The van der Waals surface area contributed by atoms with Gasteiger partial charge in [0, 0.05) is 14.2 Å². The molecule has 0 heterocycles. The molecular formula is C9H17NO6. The van der Waals surface area contributed by atoms with Crippen LogP contribution < -0.4 is 5.32 Å². The van der Waals surface area contributed by atoms with Crippen LogP contribution in [0.2, 0.25) is 0 Å². The van der Waals surface area contributed by atoms with E-state index in [2.05, 4.69) is 10.1 Å². The van der Waals surface area contributed by atoms with Crippen LogP contribution in [0.4, 0.5) is 0 Å². The second kappa shape index (κ2) is 9.08. The highest BCUT2D eigenvalue weighted by Crippen LogP contribution is 1.86. The number of aliphatic carboxylic acids is 1. The molecular weight excluding hydrogens is 218 g/mol. The predicted octanol–water partition coefficient (Wildman–Crippen LogP) is -1.13. The van der Waals surface area contributed by atoms with E-state index >= 15 is 0 Å². The molecule has 1 atom stereocenters. The Morgan fingerprint density at radius 3 is 2.44 bits per heavy atom. The zero-order chi connectivity index (χ0) is 12.4. The van der Waals surface area contributed by atoms with E-state index < -0.39 is 17.9 Å². The number of hydrogen-bond donors (Lipinski definition) is 2. The fourth-order valence-electron chi connectivity index (χ4n) is 0.884. The van der Waals surface area contributed by atoms with E-state index in [4.69, 9.17) is 14.6 Å². The molecule has 0 radical (unpaired) electrons. The van der Waals surface area contributed by atoms with Crippen LogP contribution in [-0.4, -0.2) is 63.7 Å². The molecule has 0 aliphatic rings. The predicted molar refractivity (Wildman–Crippen MR) is 54.1 cm³/mol. The van der Waals surface area contributed by atoms with Gasteiger partial charge in [0.1, 0.15) is 6.61 Å². The van der Waals surface area contributed by atoms with Crippen molar-refractivity contribution in [3.8, 4) is 0 Å². The third-order valence-corrected chi connectivity index (χ3v) is 1.63. The van der Waals surface area contributed by atoms with E-state index in [9.17, 15) is 9.59 Å². The molecule has 7 nitrogen and oxygen atoms in total. The fourth-order valence-corrected chi connectivity index (χ4v) is 0.884. The smallest absolute Gasteiger partial charge is 0.328 e. The summed E-state index contributed by atoms with van der Waals surface area (Å²) < 4.78 is 14.3. The average Bonchev–Trinajstić information content (AvgIpc) is 2.23. The standard InChI is InChI=1S/C9H17NO6/c1-14-3-4-16-6-8(11)10-7(5-15-2)9(12)13/h7H,3-6H2,1-2H3,(H,10,11)(H,12,13). The maximum Gasteiger partial charge on any atom is 0.328 e. The van der Waals surface area contributed by atoms with Gasteiger partial charge in [0.25, 0.3) is 0 Å². The summed E-state index contributed by atoms with van der Waals surface area (Å²) in [5.74, 6) is -1.65. The van der Waals surface area contributed by atoms with Gasteiger partial charge in [-0.3, -0.25) is 4.79 Å². The summed E-state index contributed by atoms with van der Waals surface area (Å²) in [6.45, 7) is 0.385. The second-order valence-corrected chi connectivity index (χ2v) is 2.96. The number of nitrogens with one attached hydrogen (secondary N) is 1. The van der Waals surface area contributed by atoms with Crippen molar-refractivity contribution in [1.29, 1.82) is 0 Å². The van der Waals surface area contributed by atoms with Crippen molar-refractivity contribution in [1.82, 2.24) is 5.32 Å². The van der Waals surface area contributed by atoms with Gasteiger partial charge >= 0.3 is 5.97 Å². The van der Waals surface area contributed by atoms with Crippen LogP contribution in [0.15, 0.2) is 0 Å². The summed E-state index contributed by atoms with van der Waals surface area (Å²) in [4.78, 5) is 21.8. The molecule has 7 heteroatoms. The van der Waals surface area contributed by atoms with Crippen LogP contribution in [0.25, 0.3) is 0 Å². The van der Waals surface area contributed by atoms with Crippen LogP contribution >= 0.6 is 0 Å². The number of rotatable bonds is 9. The minimum atomic E-state index is -1.15. The largest absolute Gasteiger partial charge is 0.480 e. The van der Waals surface area contributed by atoms with Crippen LogP contribution in [0.1, 0.15) is 0 Å². The average molecular weight is 235 g/mol. The van der Waals surface area contributed by atoms with Gasteiger partial charge in [0.2, 0.25) is 5.91 Å². The minimum absolute atomic E-state index is 0.0842. The first-order valence-electron chi connectivity index (χ1n) is 4.69. The first-order valence-corrected chi connectivity index (χ1v) is 4.69. The lowest BCUT2D eigenvalue weighted by Crippen LogP contribution is -2.45. The van der Waals surface area contributed by atoms with E-state index in [1.807, 2.05) is 0 Å². The Kier molecular flexibility index (Phi) is 8.41. The van der Waals surface area contributed by atoms with E-state index in [1.165, 1.54) is 14.2 Å². The molecule has 0 aromatic heterocycles. The van der Waals surface area contributed by atoms with Crippen molar-refractivity contribution < 1.29 is 28.9 Å². The monoisotopic (exact) mass is 235 g/mol. The Bertz CT molecular complexity index is 220. The van der Waals surface area contributed by atoms with E-state index in [0.717, 1.165) is 0 Å². The molecule has 0 aromatic carbocycles. The van der Waals surface area contributed by atoms with Crippen molar-refractivity contribution in [2.24, 2.45) is 0 Å². The van der Waals surface area contributed by atoms with Gasteiger partial charge in [-0.2, -0.15) is 0 Å². The number of carbonyl (C=O) groups is 2. The van der Waals surface area contributed by atoms with Crippen LogP contribution in [0.5, 0.6) is 0 Å². The van der Waals surface area contributed by atoms with Crippen molar-refractivity contribution >= 4 is 11.9 Å². The van der Waals surface area contributed by atoms with Crippen LogP contribution in [0.3, 0.4) is 0 Å². The lowest BCUT2D eigenvalue weighted by atomic mass is 10.3. The molecule has 0 saturated heterocycles. The zero-order valence-corrected chi connectivity index (χ0v) is 9.39. The second-order valence-electron chi connectivity index (χ2n) is 2.96. The molecule has 1 amide bonds. The lowest BCUT2D eigenvalue weighted by Gasteiger charge is -2.13. The maximum atomic E-state index is 11.2. The summed E-state index contributed by atoms with van der Waals surface area (Å²) >= 11 is 0. The molecule has 16 heavy (non-hydrogen) atoms. The molecule has 94 valence electrons. The van der Waals surface area contributed by atoms with Gasteiger partial charge in [-0.05, 0) is 0 Å². The summed E-state index contributed by atoms with van der Waals surface area (Å²) in [5.41, 5.74) is 0. The maximum absolute atomic E-state index is 11.2. The van der Waals surface area contributed by atoms with Crippen molar-refractivity contribution in [3.63, 3.8) is 0 Å². The highest BCUT2D eigenvalue weighted by molar-refractivity contribution is 5.84. The first kappa shape index (κ1) is 14.8. The number of hydrogen-bond acceptors (Lipinski definition) is 5. The van der Waals surface area contributed by atoms with Crippen molar-refractivity contribution in [2.75, 3.05) is 40.6 Å². The van der Waals surface area contributed by atoms with Gasteiger partial charge < -0.3 is 24.6 Å². The number of carboxylic acids is 1. The van der Waals surface area contributed by atoms with Crippen molar-refractivity contribution in [2.45, 2.75) is 6.04 Å². The molecule has 0 fully saturated rings. The normalized spacial score (nSPS) is 12.1. The minimum Gasteiger partial charge on any atom is -0.480 e. The Balaban J connectivity index is 3.77. The Labute approximate surface area is 93.7 Å². The van der Waals surface area contributed by atoms with Gasteiger partial charge in [-0.15, -0.1) is 0 Å². The molecule has 0 aromatic rings. The van der Waals surface area contributed by atoms with Gasteiger partial charge in [-0.1, -0.05) is 0 Å². The molecule has 0 aliphatic carbocycles. The molecule has 0 saturated carbocycles. The third kappa shape index (κ3) is 7.16. The van der Waals surface area contributed by atoms with Crippen LogP contribution in [0, 0.1) is 0 Å². The topological polar surface area (TPSA) is 94.1 Å².